The summed E-state index contributed by atoms with van der Waals surface area (Å²) in [6.07, 6.45) is 13.1. The molecule has 1 aliphatic rings. The Morgan fingerprint density at radius 3 is 2.84 bits per heavy atom. The van der Waals surface area contributed by atoms with Gasteiger partial charge in [0.15, 0.2) is 0 Å². The van der Waals surface area contributed by atoms with Crippen LogP contribution in [-0.2, 0) is 6.42 Å². The normalized spacial score (nSPS) is 14.1. The molecule has 0 amide bonds. The van der Waals surface area contributed by atoms with Gasteiger partial charge in [0.1, 0.15) is 0 Å². The van der Waals surface area contributed by atoms with Crippen molar-refractivity contribution in [3.8, 4) is 0 Å². The molecule has 0 bridgehead atoms. The maximum atomic E-state index is 3.99. The molecule has 0 fully saturated rings. The molecule has 0 saturated carbocycles. The van der Waals surface area contributed by atoms with Crippen LogP contribution in [0, 0.1) is 6.92 Å². The van der Waals surface area contributed by atoms with Gasteiger partial charge < -0.3 is 0 Å². The molecule has 98 valence electrons. The molecule has 0 unspecified atom stereocenters. The van der Waals surface area contributed by atoms with Crippen molar-refractivity contribution in [3.63, 3.8) is 0 Å². The van der Waals surface area contributed by atoms with Crippen LogP contribution < -0.4 is 0 Å². The van der Waals surface area contributed by atoms with Gasteiger partial charge in [0.2, 0.25) is 0 Å². The smallest absolute Gasteiger partial charge is 0.0155 e. The third-order valence-corrected chi connectivity index (χ3v) is 3.76. The Hall–Kier alpha value is -1.82. The zero-order valence-electron chi connectivity index (χ0n) is 11.8. The summed E-state index contributed by atoms with van der Waals surface area (Å²) in [5.74, 6) is 0. The van der Waals surface area contributed by atoms with E-state index >= 15 is 0 Å². The molecule has 0 N–H and O–H groups in total. The zero-order chi connectivity index (χ0) is 13.7. The maximum Gasteiger partial charge on any atom is -0.0155 e. The van der Waals surface area contributed by atoms with E-state index in [4.69, 9.17) is 0 Å². The Bertz CT molecular complexity index is 541. The standard InChI is InChI=1S/C19H22/c1-4-15(2)13-14-17-11-8-12-19(16(17)3)18-9-6-5-7-10-18/h4,6,8-12H,1-2,5,7,13-14H2,3H3. The number of hydrogen-bond acceptors (Lipinski definition) is 0. The molecule has 0 saturated heterocycles. The van der Waals surface area contributed by atoms with Gasteiger partial charge in [-0.15, -0.1) is 0 Å². The van der Waals surface area contributed by atoms with Crippen molar-refractivity contribution in [2.75, 3.05) is 0 Å². The lowest BCUT2D eigenvalue weighted by molar-refractivity contribution is 0.956. The van der Waals surface area contributed by atoms with Crippen LogP contribution in [0.25, 0.3) is 5.57 Å². The van der Waals surface area contributed by atoms with Crippen LogP contribution in [0.3, 0.4) is 0 Å². The van der Waals surface area contributed by atoms with Gasteiger partial charge in [0, 0.05) is 0 Å². The van der Waals surface area contributed by atoms with E-state index in [1.807, 2.05) is 6.08 Å². The van der Waals surface area contributed by atoms with Crippen LogP contribution in [0.4, 0.5) is 0 Å². The van der Waals surface area contributed by atoms with E-state index in [2.05, 4.69) is 56.5 Å². The second-order valence-electron chi connectivity index (χ2n) is 5.09. The van der Waals surface area contributed by atoms with Crippen molar-refractivity contribution in [3.05, 3.63) is 77.9 Å². The summed E-state index contributed by atoms with van der Waals surface area (Å²) < 4.78 is 0. The predicted octanol–water partition coefficient (Wildman–Crippen LogP) is 5.40. The van der Waals surface area contributed by atoms with Gasteiger partial charge in [0.25, 0.3) is 0 Å². The zero-order valence-corrected chi connectivity index (χ0v) is 11.8. The summed E-state index contributed by atoms with van der Waals surface area (Å²) in [5.41, 5.74) is 6.67. The number of aryl methyl sites for hydroxylation is 1. The maximum absolute atomic E-state index is 3.99. The summed E-state index contributed by atoms with van der Waals surface area (Å²) in [4.78, 5) is 0. The molecule has 19 heavy (non-hydrogen) atoms. The predicted molar refractivity (Wildman–Crippen MR) is 85.2 cm³/mol. The van der Waals surface area contributed by atoms with E-state index in [0.717, 1.165) is 24.8 Å². The third kappa shape index (κ3) is 3.35. The molecular weight excluding hydrogens is 228 g/mol. The van der Waals surface area contributed by atoms with Gasteiger partial charge in [-0.25, -0.2) is 0 Å². The van der Waals surface area contributed by atoms with Crippen LogP contribution in [0.5, 0.6) is 0 Å². The summed E-state index contributed by atoms with van der Waals surface area (Å²) in [7, 11) is 0. The van der Waals surface area contributed by atoms with E-state index in [9.17, 15) is 0 Å². The lowest BCUT2D eigenvalue weighted by Gasteiger charge is -2.14. The lowest BCUT2D eigenvalue weighted by Crippen LogP contribution is -1.96. The molecule has 0 spiro atoms. The Morgan fingerprint density at radius 2 is 2.16 bits per heavy atom. The average molecular weight is 250 g/mol. The first-order valence-corrected chi connectivity index (χ1v) is 6.98. The van der Waals surface area contributed by atoms with E-state index in [-0.39, 0.29) is 0 Å². The first-order chi connectivity index (χ1) is 9.22. The highest BCUT2D eigenvalue weighted by atomic mass is 14.1. The minimum Gasteiger partial charge on any atom is -0.0988 e. The van der Waals surface area contributed by atoms with Gasteiger partial charge in [-0.05, 0) is 54.9 Å². The van der Waals surface area contributed by atoms with Crippen molar-refractivity contribution in [2.45, 2.75) is 32.6 Å². The molecule has 1 aliphatic carbocycles. The quantitative estimate of drug-likeness (QED) is 0.613. The number of benzene rings is 1. The fourth-order valence-electron chi connectivity index (χ4n) is 2.48. The molecular formula is C19H22. The summed E-state index contributed by atoms with van der Waals surface area (Å²) in [5, 5.41) is 0. The first-order valence-electron chi connectivity index (χ1n) is 6.98. The van der Waals surface area contributed by atoms with Gasteiger partial charge in [-0.2, -0.15) is 0 Å². The van der Waals surface area contributed by atoms with Crippen molar-refractivity contribution in [1.29, 1.82) is 0 Å². The van der Waals surface area contributed by atoms with Crippen molar-refractivity contribution < 1.29 is 0 Å². The topological polar surface area (TPSA) is 0 Å². The SMILES string of the molecule is C=CC(=C)CCc1cccc(C2=CCCC=C2)c1C. The fraction of sp³-hybridized carbons (Fsp3) is 0.263. The third-order valence-electron chi connectivity index (χ3n) is 3.76. The van der Waals surface area contributed by atoms with Crippen LogP contribution in [0.15, 0.2) is 61.2 Å². The summed E-state index contributed by atoms with van der Waals surface area (Å²) >= 11 is 0. The monoisotopic (exact) mass is 250 g/mol. The molecule has 0 aromatic heterocycles. The molecule has 0 heterocycles. The average Bonchev–Trinajstić information content (AvgIpc) is 2.46. The number of allylic oxidation sites excluding steroid dienone is 6. The molecule has 1 aromatic rings. The Kier molecular flexibility index (Phi) is 4.57. The Morgan fingerprint density at radius 1 is 1.32 bits per heavy atom. The van der Waals surface area contributed by atoms with E-state index in [0.29, 0.717) is 0 Å². The largest absolute Gasteiger partial charge is 0.0988 e. The molecule has 2 rings (SSSR count). The highest BCUT2D eigenvalue weighted by Gasteiger charge is 2.08. The van der Waals surface area contributed by atoms with Crippen LogP contribution >= 0.6 is 0 Å². The fourth-order valence-corrected chi connectivity index (χ4v) is 2.48. The molecule has 1 aromatic carbocycles. The van der Waals surface area contributed by atoms with E-state index in [1.54, 1.807) is 0 Å². The van der Waals surface area contributed by atoms with Crippen LogP contribution in [0.2, 0.25) is 0 Å². The van der Waals surface area contributed by atoms with Gasteiger partial charge in [-0.1, -0.05) is 61.2 Å². The minimum atomic E-state index is 0.989. The summed E-state index contributed by atoms with van der Waals surface area (Å²) in [6, 6.07) is 6.61. The molecule has 0 radical (unpaired) electrons. The summed E-state index contributed by atoms with van der Waals surface area (Å²) in [6.45, 7) is 9.98. The number of hydrogen-bond donors (Lipinski definition) is 0. The van der Waals surface area contributed by atoms with E-state index < -0.39 is 0 Å². The first kappa shape index (κ1) is 13.6. The highest BCUT2D eigenvalue weighted by Crippen LogP contribution is 2.27. The van der Waals surface area contributed by atoms with Gasteiger partial charge in [-0.3, -0.25) is 0 Å². The Labute approximate surface area is 116 Å². The van der Waals surface area contributed by atoms with Crippen molar-refractivity contribution in [2.24, 2.45) is 0 Å². The Balaban J connectivity index is 2.22. The molecule has 0 aliphatic heterocycles. The molecule has 0 atom stereocenters. The van der Waals surface area contributed by atoms with Crippen LogP contribution in [-0.4, -0.2) is 0 Å². The minimum absolute atomic E-state index is 0.989. The van der Waals surface area contributed by atoms with Crippen molar-refractivity contribution >= 4 is 5.57 Å². The highest BCUT2D eigenvalue weighted by molar-refractivity contribution is 5.77. The van der Waals surface area contributed by atoms with Gasteiger partial charge >= 0.3 is 0 Å². The lowest BCUT2D eigenvalue weighted by atomic mass is 9.91. The number of rotatable bonds is 5. The van der Waals surface area contributed by atoms with Crippen LogP contribution in [0.1, 0.15) is 36.0 Å². The molecule has 0 heteroatoms. The van der Waals surface area contributed by atoms with Crippen molar-refractivity contribution in [1.82, 2.24) is 0 Å². The van der Waals surface area contributed by atoms with E-state index in [1.165, 1.54) is 28.7 Å². The second kappa shape index (κ2) is 6.38. The second-order valence-corrected chi connectivity index (χ2v) is 5.09. The molecule has 0 nitrogen and oxygen atoms in total. The van der Waals surface area contributed by atoms with Gasteiger partial charge in [0.05, 0.1) is 0 Å².